The molecule has 0 saturated carbocycles. The molecule has 0 aliphatic carbocycles. The standard InChI is InChI=1S/C16H28O/c1-6-8-9-12-15(17)16(5,7-2)13-10-11-14(3)4/h7,9,11-12,15,17H,2,6,8,10,13H2,1,3-5H3/b12-9+/t15-,16-/m1/s1. The number of hydrogen-bond donors (Lipinski definition) is 1. The zero-order chi connectivity index (χ0) is 13.3. The molecule has 0 spiro atoms. The molecule has 2 atom stereocenters. The molecule has 1 N–H and O–H groups in total. The summed E-state index contributed by atoms with van der Waals surface area (Å²) < 4.78 is 0. The fraction of sp³-hybridized carbons (Fsp3) is 0.625. The monoisotopic (exact) mass is 236 g/mol. The molecule has 1 nitrogen and oxygen atoms in total. The largest absolute Gasteiger partial charge is 0.388 e. The van der Waals surface area contributed by atoms with Gasteiger partial charge in [0.25, 0.3) is 0 Å². The Labute approximate surface area is 107 Å². The first-order chi connectivity index (χ1) is 7.96. The van der Waals surface area contributed by atoms with Crippen molar-refractivity contribution in [3.8, 4) is 0 Å². The molecule has 0 aromatic carbocycles. The Hall–Kier alpha value is -0.820. The molecular weight excluding hydrogens is 208 g/mol. The second-order valence-corrected chi connectivity index (χ2v) is 5.19. The first kappa shape index (κ1) is 16.2. The average molecular weight is 236 g/mol. The third kappa shape index (κ3) is 6.48. The Kier molecular flexibility index (Phi) is 7.90. The highest BCUT2D eigenvalue weighted by Crippen LogP contribution is 2.30. The molecule has 0 aliphatic heterocycles. The molecule has 98 valence electrons. The van der Waals surface area contributed by atoms with Crippen molar-refractivity contribution in [2.24, 2.45) is 5.41 Å². The minimum Gasteiger partial charge on any atom is -0.388 e. The summed E-state index contributed by atoms with van der Waals surface area (Å²) in [5, 5.41) is 10.2. The lowest BCUT2D eigenvalue weighted by Crippen LogP contribution is -2.28. The Morgan fingerprint density at radius 1 is 1.35 bits per heavy atom. The third-order valence-electron chi connectivity index (χ3n) is 3.15. The van der Waals surface area contributed by atoms with E-state index in [1.807, 2.05) is 12.2 Å². The minimum absolute atomic E-state index is 0.226. The van der Waals surface area contributed by atoms with Gasteiger partial charge in [-0.05, 0) is 33.1 Å². The van der Waals surface area contributed by atoms with Gasteiger partial charge in [-0.25, -0.2) is 0 Å². The minimum atomic E-state index is -0.433. The van der Waals surface area contributed by atoms with E-state index in [1.54, 1.807) is 0 Å². The van der Waals surface area contributed by atoms with Crippen LogP contribution in [0.3, 0.4) is 0 Å². The van der Waals surface area contributed by atoms with Gasteiger partial charge in [0.2, 0.25) is 0 Å². The molecule has 17 heavy (non-hydrogen) atoms. The van der Waals surface area contributed by atoms with Crippen LogP contribution in [0.1, 0.15) is 53.4 Å². The molecule has 0 amide bonds. The zero-order valence-corrected chi connectivity index (χ0v) is 11.9. The van der Waals surface area contributed by atoms with Gasteiger partial charge in [-0.1, -0.05) is 50.1 Å². The van der Waals surface area contributed by atoms with Gasteiger partial charge in [0.1, 0.15) is 0 Å². The molecule has 0 heterocycles. The quantitative estimate of drug-likeness (QED) is 0.609. The van der Waals surface area contributed by atoms with Gasteiger partial charge in [0.15, 0.2) is 0 Å². The van der Waals surface area contributed by atoms with E-state index in [0.29, 0.717) is 0 Å². The van der Waals surface area contributed by atoms with E-state index >= 15 is 0 Å². The summed E-state index contributed by atoms with van der Waals surface area (Å²) in [5.41, 5.74) is 1.10. The molecule has 1 heteroatoms. The Balaban J connectivity index is 4.43. The lowest BCUT2D eigenvalue weighted by Gasteiger charge is -2.29. The van der Waals surface area contributed by atoms with Crippen LogP contribution in [-0.2, 0) is 0 Å². The first-order valence-electron chi connectivity index (χ1n) is 6.58. The summed E-state index contributed by atoms with van der Waals surface area (Å²) in [5.74, 6) is 0. The van der Waals surface area contributed by atoms with Crippen LogP contribution in [0.25, 0.3) is 0 Å². The van der Waals surface area contributed by atoms with E-state index in [2.05, 4.69) is 46.4 Å². The van der Waals surface area contributed by atoms with E-state index in [-0.39, 0.29) is 5.41 Å². The van der Waals surface area contributed by atoms with E-state index in [1.165, 1.54) is 5.57 Å². The van der Waals surface area contributed by atoms with Crippen molar-refractivity contribution in [3.63, 3.8) is 0 Å². The molecular formula is C16H28O. The topological polar surface area (TPSA) is 20.2 Å². The number of allylic oxidation sites excluding steroid dienone is 3. The van der Waals surface area contributed by atoms with E-state index in [9.17, 15) is 5.11 Å². The summed E-state index contributed by atoms with van der Waals surface area (Å²) >= 11 is 0. The molecule has 0 fully saturated rings. The highest BCUT2D eigenvalue weighted by Gasteiger charge is 2.26. The molecule has 0 unspecified atom stereocenters. The van der Waals surface area contributed by atoms with Crippen molar-refractivity contribution < 1.29 is 5.11 Å². The van der Waals surface area contributed by atoms with Gasteiger partial charge in [-0.2, -0.15) is 0 Å². The highest BCUT2D eigenvalue weighted by atomic mass is 16.3. The smallest absolute Gasteiger partial charge is 0.0808 e. The predicted octanol–water partition coefficient (Wildman–Crippen LogP) is 4.64. The fourth-order valence-corrected chi connectivity index (χ4v) is 1.65. The summed E-state index contributed by atoms with van der Waals surface area (Å²) in [6.07, 6.45) is 11.7. The van der Waals surface area contributed by atoms with Gasteiger partial charge in [-0.3, -0.25) is 0 Å². The van der Waals surface area contributed by atoms with Crippen LogP contribution in [0.15, 0.2) is 36.5 Å². The molecule has 0 radical (unpaired) electrons. The fourth-order valence-electron chi connectivity index (χ4n) is 1.65. The Morgan fingerprint density at radius 2 is 2.00 bits per heavy atom. The van der Waals surface area contributed by atoms with Crippen LogP contribution in [0, 0.1) is 5.41 Å². The molecule has 0 rings (SSSR count). The highest BCUT2D eigenvalue weighted by molar-refractivity contribution is 5.06. The van der Waals surface area contributed by atoms with Gasteiger partial charge in [0, 0.05) is 5.41 Å². The second-order valence-electron chi connectivity index (χ2n) is 5.19. The number of unbranched alkanes of at least 4 members (excludes halogenated alkanes) is 1. The first-order valence-corrected chi connectivity index (χ1v) is 6.58. The predicted molar refractivity (Wildman–Crippen MR) is 77.0 cm³/mol. The third-order valence-corrected chi connectivity index (χ3v) is 3.15. The van der Waals surface area contributed by atoms with Crippen molar-refractivity contribution >= 4 is 0 Å². The molecule has 0 aromatic heterocycles. The van der Waals surface area contributed by atoms with Crippen LogP contribution < -0.4 is 0 Å². The van der Waals surface area contributed by atoms with Crippen LogP contribution in [0.5, 0.6) is 0 Å². The van der Waals surface area contributed by atoms with Gasteiger partial charge in [-0.15, -0.1) is 6.58 Å². The lowest BCUT2D eigenvalue weighted by atomic mass is 9.79. The van der Waals surface area contributed by atoms with Gasteiger partial charge in [0.05, 0.1) is 6.10 Å². The van der Waals surface area contributed by atoms with Crippen molar-refractivity contribution in [3.05, 3.63) is 36.5 Å². The molecule has 0 aliphatic rings. The second kappa shape index (κ2) is 8.30. The summed E-state index contributed by atoms with van der Waals surface area (Å²) in [4.78, 5) is 0. The van der Waals surface area contributed by atoms with Crippen LogP contribution in [0.2, 0.25) is 0 Å². The molecule has 0 saturated heterocycles. The number of rotatable bonds is 8. The normalized spacial score (nSPS) is 16.5. The Morgan fingerprint density at radius 3 is 2.47 bits per heavy atom. The van der Waals surface area contributed by atoms with Crippen molar-refractivity contribution in [1.82, 2.24) is 0 Å². The van der Waals surface area contributed by atoms with Gasteiger partial charge < -0.3 is 5.11 Å². The zero-order valence-electron chi connectivity index (χ0n) is 11.9. The van der Waals surface area contributed by atoms with E-state index in [4.69, 9.17) is 0 Å². The molecule has 0 aromatic rings. The van der Waals surface area contributed by atoms with E-state index in [0.717, 1.165) is 25.7 Å². The lowest BCUT2D eigenvalue weighted by molar-refractivity contribution is 0.106. The number of aliphatic hydroxyl groups is 1. The number of aliphatic hydroxyl groups excluding tert-OH is 1. The Bertz CT molecular complexity index is 271. The maximum atomic E-state index is 10.2. The van der Waals surface area contributed by atoms with Crippen molar-refractivity contribution in [2.45, 2.75) is 59.5 Å². The van der Waals surface area contributed by atoms with Gasteiger partial charge >= 0.3 is 0 Å². The van der Waals surface area contributed by atoms with Crippen molar-refractivity contribution in [1.29, 1.82) is 0 Å². The average Bonchev–Trinajstić information content (AvgIpc) is 2.28. The van der Waals surface area contributed by atoms with E-state index < -0.39 is 6.10 Å². The maximum absolute atomic E-state index is 10.2. The van der Waals surface area contributed by atoms with Crippen LogP contribution in [-0.4, -0.2) is 11.2 Å². The van der Waals surface area contributed by atoms with Crippen molar-refractivity contribution in [2.75, 3.05) is 0 Å². The molecule has 0 bridgehead atoms. The maximum Gasteiger partial charge on any atom is 0.0808 e. The summed E-state index contributed by atoms with van der Waals surface area (Å²) in [6.45, 7) is 12.3. The number of hydrogen-bond acceptors (Lipinski definition) is 1. The van der Waals surface area contributed by atoms with Crippen LogP contribution in [0.4, 0.5) is 0 Å². The summed E-state index contributed by atoms with van der Waals surface area (Å²) in [7, 11) is 0. The van der Waals surface area contributed by atoms with Crippen LogP contribution >= 0.6 is 0 Å². The SMILES string of the molecule is C=C[C@](C)(CCC=C(C)C)[C@H](O)/C=C/CCC. The summed E-state index contributed by atoms with van der Waals surface area (Å²) in [6, 6.07) is 0.